The van der Waals surface area contributed by atoms with Crippen LogP contribution in [0.25, 0.3) is 0 Å². The third kappa shape index (κ3) is 3.97. The fraction of sp³-hybridized carbons (Fsp3) is 0.700. The van der Waals surface area contributed by atoms with E-state index >= 15 is 0 Å². The van der Waals surface area contributed by atoms with Crippen LogP contribution in [-0.4, -0.2) is 59.0 Å². The maximum atomic E-state index is 12.8. The van der Waals surface area contributed by atoms with Crippen molar-refractivity contribution >= 4 is 5.91 Å². The lowest BCUT2D eigenvalue weighted by atomic mass is 9.91. The molecule has 0 aromatic carbocycles. The lowest BCUT2D eigenvalue weighted by Crippen LogP contribution is -2.42. The Morgan fingerprint density at radius 1 is 0.960 bits per heavy atom. The number of nitrogens with zero attached hydrogens (tertiary/aromatic N) is 3. The van der Waals surface area contributed by atoms with E-state index in [0.717, 1.165) is 51.5 Å². The largest absolute Gasteiger partial charge is 0.474 e. The number of ether oxygens (including phenoxy) is 1. The van der Waals surface area contributed by atoms with E-state index in [4.69, 9.17) is 4.74 Å². The highest BCUT2D eigenvalue weighted by Crippen LogP contribution is 2.26. The number of pyridine rings is 1. The van der Waals surface area contributed by atoms with Crippen LogP contribution in [0.3, 0.4) is 0 Å². The molecule has 0 spiro atoms. The zero-order chi connectivity index (χ0) is 17.1. The van der Waals surface area contributed by atoms with Crippen molar-refractivity contribution in [3.63, 3.8) is 0 Å². The molecule has 0 radical (unpaired) electrons. The van der Waals surface area contributed by atoms with Gasteiger partial charge in [-0.25, -0.2) is 4.98 Å². The number of hydrogen-bond donors (Lipinski definition) is 0. The maximum Gasteiger partial charge on any atom is 0.255 e. The second kappa shape index (κ2) is 7.73. The molecule has 0 bridgehead atoms. The summed E-state index contributed by atoms with van der Waals surface area (Å²) in [6.07, 6.45) is 11.8. The first-order valence-corrected chi connectivity index (χ1v) is 9.95. The molecular weight excluding hydrogens is 314 g/mol. The average molecular weight is 343 g/mol. The highest BCUT2D eigenvalue weighted by molar-refractivity contribution is 5.94. The summed E-state index contributed by atoms with van der Waals surface area (Å²) in [5.41, 5.74) is 0.677. The van der Waals surface area contributed by atoms with Crippen LogP contribution in [0.1, 0.15) is 61.7 Å². The van der Waals surface area contributed by atoms with E-state index in [9.17, 15) is 4.79 Å². The molecule has 2 aliphatic carbocycles. The Kier molecular flexibility index (Phi) is 5.20. The van der Waals surface area contributed by atoms with E-state index in [1.807, 2.05) is 17.0 Å². The molecule has 5 nitrogen and oxygen atoms in total. The van der Waals surface area contributed by atoms with Crippen molar-refractivity contribution in [3.8, 4) is 5.88 Å². The van der Waals surface area contributed by atoms with Gasteiger partial charge < -0.3 is 9.64 Å². The summed E-state index contributed by atoms with van der Waals surface area (Å²) in [6, 6.07) is 4.49. The van der Waals surface area contributed by atoms with Crippen molar-refractivity contribution in [1.82, 2.24) is 14.8 Å². The van der Waals surface area contributed by atoms with Gasteiger partial charge in [-0.2, -0.15) is 0 Å². The van der Waals surface area contributed by atoms with E-state index in [0.29, 0.717) is 17.5 Å². The van der Waals surface area contributed by atoms with Crippen LogP contribution >= 0.6 is 0 Å². The molecule has 2 saturated carbocycles. The third-order valence-corrected chi connectivity index (χ3v) is 5.98. The summed E-state index contributed by atoms with van der Waals surface area (Å²) in [4.78, 5) is 21.7. The maximum absolute atomic E-state index is 12.8. The van der Waals surface area contributed by atoms with E-state index in [1.165, 1.54) is 32.1 Å². The number of hydrogen-bond acceptors (Lipinski definition) is 4. The number of aromatic nitrogens is 1. The predicted molar refractivity (Wildman–Crippen MR) is 96.9 cm³/mol. The van der Waals surface area contributed by atoms with Gasteiger partial charge in [-0.05, 0) is 51.0 Å². The zero-order valence-electron chi connectivity index (χ0n) is 15.0. The van der Waals surface area contributed by atoms with Crippen LogP contribution in [0, 0.1) is 0 Å². The summed E-state index contributed by atoms with van der Waals surface area (Å²) in [6.45, 7) is 3.81. The van der Waals surface area contributed by atoms with Gasteiger partial charge in [0.2, 0.25) is 5.88 Å². The first-order valence-electron chi connectivity index (χ1n) is 9.95. The molecule has 25 heavy (non-hydrogen) atoms. The minimum Gasteiger partial charge on any atom is -0.474 e. The molecule has 1 aromatic heterocycles. The van der Waals surface area contributed by atoms with Crippen LogP contribution in [0.4, 0.5) is 0 Å². The van der Waals surface area contributed by atoms with Gasteiger partial charge in [0.1, 0.15) is 6.10 Å². The molecule has 0 atom stereocenters. The quantitative estimate of drug-likeness (QED) is 0.843. The molecule has 5 heteroatoms. The lowest BCUT2D eigenvalue weighted by Gasteiger charge is -2.36. The van der Waals surface area contributed by atoms with Crippen LogP contribution in [0.2, 0.25) is 0 Å². The molecule has 1 aromatic rings. The molecule has 2 heterocycles. The normalized spacial score (nSPS) is 23.3. The predicted octanol–water partition coefficient (Wildman–Crippen LogP) is 3.10. The summed E-state index contributed by atoms with van der Waals surface area (Å²) in [5, 5.41) is 0. The Morgan fingerprint density at radius 2 is 1.80 bits per heavy atom. The highest BCUT2D eigenvalue weighted by Gasteiger charge is 2.28. The summed E-state index contributed by atoms with van der Waals surface area (Å²) in [7, 11) is 0. The Hall–Kier alpha value is -1.62. The fourth-order valence-electron chi connectivity index (χ4n) is 4.19. The molecule has 3 fully saturated rings. The molecule has 3 aliphatic rings. The van der Waals surface area contributed by atoms with Gasteiger partial charge in [-0.3, -0.25) is 9.69 Å². The van der Waals surface area contributed by atoms with Crippen molar-refractivity contribution in [2.24, 2.45) is 0 Å². The van der Waals surface area contributed by atoms with Crippen LogP contribution in [0.15, 0.2) is 18.3 Å². The molecular formula is C20H29N3O2. The minimum absolute atomic E-state index is 0.107. The van der Waals surface area contributed by atoms with E-state index in [-0.39, 0.29) is 5.91 Å². The molecule has 4 rings (SSSR count). The number of rotatable bonds is 4. The Balaban J connectivity index is 1.33. The van der Waals surface area contributed by atoms with Gasteiger partial charge in [-0.1, -0.05) is 6.42 Å². The summed E-state index contributed by atoms with van der Waals surface area (Å²) in [5.74, 6) is 0.755. The minimum atomic E-state index is 0.107. The number of amides is 1. The topological polar surface area (TPSA) is 45.7 Å². The molecule has 0 N–H and O–H groups in total. The Bertz CT molecular complexity index is 579. The second-order valence-electron chi connectivity index (χ2n) is 7.68. The van der Waals surface area contributed by atoms with E-state index in [2.05, 4.69) is 9.88 Å². The molecule has 1 saturated heterocycles. The SMILES string of the molecule is O=C(c1ccc(OC2CCCC2)nc1)N1CCCN(C2CCC2)CC1. The first kappa shape index (κ1) is 16.8. The molecule has 136 valence electrons. The van der Waals surface area contributed by atoms with Crippen molar-refractivity contribution in [2.75, 3.05) is 26.2 Å². The number of carbonyl (C=O) groups is 1. The van der Waals surface area contributed by atoms with Crippen LogP contribution in [0.5, 0.6) is 5.88 Å². The molecule has 1 aliphatic heterocycles. The molecule has 0 unspecified atom stereocenters. The van der Waals surface area contributed by atoms with E-state index < -0.39 is 0 Å². The van der Waals surface area contributed by atoms with Gasteiger partial charge >= 0.3 is 0 Å². The van der Waals surface area contributed by atoms with Crippen LogP contribution < -0.4 is 4.74 Å². The van der Waals surface area contributed by atoms with Crippen LogP contribution in [-0.2, 0) is 0 Å². The fourth-order valence-corrected chi connectivity index (χ4v) is 4.19. The standard InChI is InChI=1S/C20H29N3O2/c24-20(23-12-4-11-22(13-14-23)17-5-3-6-17)16-9-10-19(21-15-16)25-18-7-1-2-8-18/h9-10,15,17-18H,1-8,11-14H2. The number of carbonyl (C=O) groups excluding carboxylic acids is 1. The van der Waals surface area contributed by atoms with Crippen molar-refractivity contribution in [1.29, 1.82) is 0 Å². The summed E-state index contributed by atoms with van der Waals surface area (Å²) < 4.78 is 5.89. The zero-order valence-corrected chi connectivity index (χ0v) is 15.0. The van der Waals surface area contributed by atoms with Crippen molar-refractivity contribution < 1.29 is 9.53 Å². The van der Waals surface area contributed by atoms with Gasteiger partial charge in [0, 0.05) is 44.5 Å². The van der Waals surface area contributed by atoms with Gasteiger partial charge in [0.25, 0.3) is 5.91 Å². The van der Waals surface area contributed by atoms with Gasteiger partial charge in [-0.15, -0.1) is 0 Å². The van der Waals surface area contributed by atoms with Gasteiger partial charge in [0.15, 0.2) is 0 Å². The molecule has 1 amide bonds. The van der Waals surface area contributed by atoms with Crippen molar-refractivity contribution in [3.05, 3.63) is 23.9 Å². The van der Waals surface area contributed by atoms with Crippen molar-refractivity contribution in [2.45, 2.75) is 63.5 Å². The highest BCUT2D eigenvalue weighted by atomic mass is 16.5. The monoisotopic (exact) mass is 343 g/mol. The third-order valence-electron chi connectivity index (χ3n) is 5.98. The van der Waals surface area contributed by atoms with Gasteiger partial charge in [0.05, 0.1) is 5.56 Å². The lowest BCUT2D eigenvalue weighted by molar-refractivity contribution is 0.0749. The Morgan fingerprint density at radius 3 is 2.48 bits per heavy atom. The first-order chi connectivity index (χ1) is 12.3. The average Bonchev–Trinajstić information content (AvgIpc) is 2.97. The second-order valence-corrected chi connectivity index (χ2v) is 7.68. The summed E-state index contributed by atoms with van der Waals surface area (Å²) >= 11 is 0. The smallest absolute Gasteiger partial charge is 0.255 e. The van der Waals surface area contributed by atoms with E-state index in [1.54, 1.807) is 6.20 Å². The Labute approximate surface area is 150 Å².